The molecule has 2 amide bonds. The van der Waals surface area contributed by atoms with Crippen molar-refractivity contribution in [1.29, 1.82) is 0 Å². The summed E-state index contributed by atoms with van der Waals surface area (Å²) in [6.45, 7) is 5.18. The van der Waals surface area contributed by atoms with Gasteiger partial charge in [-0.25, -0.2) is 18.6 Å². The Morgan fingerprint density at radius 1 is 1.26 bits per heavy atom. The number of benzene rings is 1. The van der Waals surface area contributed by atoms with Crippen LogP contribution >= 0.6 is 11.3 Å². The monoisotopic (exact) mass is 446 g/mol. The second kappa shape index (κ2) is 8.43. The number of fused-ring (bicyclic) bond motifs is 1. The molecule has 164 valence electrons. The lowest BCUT2D eigenvalue weighted by molar-refractivity contribution is -0.0804. The number of aromatic nitrogens is 3. The van der Waals surface area contributed by atoms with Crippen molar-refractivity contribution < 1.29 is 13.6 Å². The van der Waals surface area contributed by atoms with Crippen LogP contribution in [-0.2, 0) is 0 Å². The van der Waals surface area contributed by atoms with Crippen LogP contribution < -0.4 is 10.6 Å². The van der Waals surface area contributed by atoms with Gasteiger partial charge in [0.25, 0.3) is 5.92 Å². The highest BCUT2D eigenvalue weighted by atomic mass is 32.1. The average molecular weight is 447 g/mol. The summed E-state index contributed by atoms with van der Waals surface area (Å²) in [4.78, 5) is 18.0. The Hall–Kier alpha value is -2.72. The van der Waals surface area contributed by atoms with Crippen LogP contribution in [0.15, 0.2) is 30.5 Å². The summed E-state index contributed by atoms with van der Waals surface area (Å²) in [5.74, 6) is -2.68. The van der Waals surface area contributed by atoms with E-state index < -0.39 is 24.5 Å². The number of hydrogen-bond donors (Lipinski definition) is 2. The maximum atomic E-state index is 14.5. The van der Waals surface area contributed by atoms with Gasteiger partial charge in [0.2, 0.25) is 0 Å². The predicted octanol–water partition coefficient (Wildman–Crippen LogP) is 4.30. The lowest BCUT2D eigenvalue weighted by Gasteiger charge is -2.39. The molecule has 31 heavy (non-hydrogen) atoms. The summed E-state index contributed by atoms with van der Waals surface area (Å²) < 4.78 is 29.0. The van der Waals surface area contributed by atoms with Crippen LogP contribution in [0.4, 0.5) is 19.4 Å². The Bertz CT molecular complexity index is 1100. The molecule has 1 aliphatic rings. The van der Waals surface area contributed by atoms with Gasteiger partial charge in [-0.15, -0.1) is 10.2 Å². The van der Waals surface area contributed by atoms with E-state index in [2.05, 4.69) is 25.8 Å². The van der Waals surface area contributed by atoms with Gasteiger partial charge in [0.15, 0.2) is 0 Å². The van der Waals surface area contributed by atoms with Gasteiger partial charge < -0.3 is 10.2 Å². The molecule has 0 spiro atoms. The number of nitrogens with one attached hydrogen (secondary N) is 2. The van der Waals surface area contributed by atoms with Crippen molar-refractivity contribution in [2.24, 2.45) is 0 Å². The molecule has 2 aromatic heterocycles. The molecule has 3 heterocycles. The number of likely N-dealkylation sites (tertiary alicyclic amines) is 1. The molecule has 2 N–H and O–H groups in total. The van der Waals surface area contributed by atoms with Crippen molar-refractivity contribution >= 4 is 34.0 Å². The van der Waals surface area contributed by atoms with Gasteiger partial charge in [-0.3, -0.25) is 5.32 Å². The SMILES string of the molecule is Cc1nnc(-c2ccc3cnc(NC(=O)N4CCC(NC(C)C)C(F)(F)C4)cc3c2)s1. The minimum absolute atomic E-state index is 0.0491. The Balaban J connectivity index is 1.48. The number of alkyl halides is 2. The van der Waals surface area contributed by atoms with Gasteiger partial charge in [-0.1, -0.05) is 37.3 Å². The number of rotatable bonds is 4. The number of carbonyl (C=O) groups is 1. The molecule has 0 bridgehead atoms. The van der Waals surface area contributed by atoms with E-state index in [9.17, 15) is 13.6 Å². The third-order valence-electron chi connectivity index (χ3n) is 5.15. The zero-order valence-corrected chi connectivity index (χ0v) is 18.3. The second-order valence-corrected chi connectivity index (χ2v) is 9.21. The van der Waals surface area contributed by atoms with Crippen molar-refractivity contribution in [1.82, 2.24) is 25.4 Å². The smallest absolute Gasteiger partial charge is 0.318 e. The zero-order chi connectivity index (χ0) is 22.2. The number of nitrogens with zero attached hydrogens (tertiary/aromatic N) is 4. The molecule has 1 saturated heterocycles. The van der Waals surface area contributed by atoms with Crippen molar-refractivity contribution in [3.8, 4) is 10.6 Å². The Morgan fingerprint density at radius 3 is 2.74 bits per heavy atom. The molecule has 4 rings (SSSR count). The van der Waals surface area contributed by atoms with E-state index in [1.165, 1.54) is 11.3 Å². The number of carbonyl (C=O) groups excluding carboxylic acids is 1. The maximum absolute atomic E-state index is 14.5. The van der Waals surface area contributed by atoms with E-state index in [-0.39, 0.29) is 19.0 Å². The van der Waals surface area contributed by atoms with Crippen molar-refractivity contribution in [2.75, 3.05) is 18.4 Å². The number of hydrogen-bond acceptors (Lipinski definition) is 6. The van der Waals surface area contributed by atoms with E-state index in [4.69, 9.17) is 0 Å². The molecule has 10 heteroatoms. The first-order valence-corrected chi connectivity index (χ1v) is 10.9. The molecule has 3 aromatic rings. The summed E-state index contributed by atoms with van der Waals surface area (Å²) in [6, 6.07) is 5.99. The lowest BCUT2D eigenvalue weighted by Crippen LogP contribution is -2.60. The molecule has 0 aliphatic carbocycles. The molecule has 0 saturated carbocycles. The highest BCUT2D eigenvalue weighted by Crippen LogP contribution is 2.29. The van der Waals surface area contributed by atoms with Gasteiger partial charge in [0.05, 0.1) is 12.6 Å². The average Bonchev–Trinajstić information content (AvgIpc) is 3.15. The maximum Gasteiger partial charge on any atom is 0.323 e. The number of pyridine rings is 1. The van der Waals surface area contributed by atoms with Crippen molar-refractivity contribution in [2.45, 2.75) is 45.2 Å². The first kappa shape index (κ1) is 21.5. The summed E-state index contributed by atoms with van der Waals surface area (Å²) in [6.07, 6.45) is 1.84. The van der Waals surface area contributed by atoms with E-state index in [1.54, 1.807) is 12.3 Å². The molecule has 1 fully saturated rings. The van der Waals surface area contributed by atoms with Gasteiger partial charge in [-0.05, 0) is 30.9 Å². The summed E-state index contributed by atoms with van der Waals surface area (Å²) in [7, 11) is 0. The number of amides is 2. The van der Waals surface area contributed by atoms with Gasteiger partial charge >= 0.3 is 6.03 Å². The Morgan fingerprint density at radius 2 is 2.06 bits per heavy atom. The van der Waals surface area contributed by atoms with Crippen LogP contribution in [0.25, 0.3) is 21.3 Å². The summed E-state index contributed by atoms with van der Waals surface area (Å²) >= 11 is 1.50. The zero-order valence-electron chi connectivity index (χ0n) is 17.5. The lowest BCUT2D eigenvalue weighted by atomic mass is 10.00. The molecule has 1 aromatic carbocycles. The van der Waals surface area contributed by atoms with E-state index in [1.807, 2.05) is 39.0 Å². The second-order valence-electron chi connectivity index (χ2n) is 8.03. The molecule has 0 radical (unpaired) electrons. The highest BCUT2D eigenvalue weighted by Gasteiger charge is 2.46. The molecule has 1 unspecified atom stereocenters. The Kier molecular flexibility index (Phi) is 5.85. The van der Waals surface area contributed by atoms with Crippen LogP contribution in [0.2, 0.25) is 0 Å². The first-order chi connectivity index (χ1) is 14.7. The quantitative estimate of drug-likeness (QED) is 0.624. The van der Waals surface area contributed by atoms with Crippen LogP contribution in [0.1, 0.15) is 25.3 Å². The molecule has 7 nitrogen and oxygen atoms in total. The summed E-state index contributed by atoms with van der Waals surface area (Å²) in [5.41, 5.74) is 0.918. The minimum Gasteiger partial charge on any atom is -0.318 e. The minimum atomic E-state index is -2.99. The van der Waals surface area contributed by atoms with Crippen LogP contribution in [-0.4, -0.2) is 57.2 Å². The fourth-order valence-electron chi connectivity index (χ4n) is 3.66. The normalized spacial score (nSPS) is 18.5. The molecule has 1 atom stereocenters. The van der Waals surface area contributed by atoms with Crippen LogP contribution in [0.5, 0.6) is 0 Å². The standard InChI is InChI=1S/C21H24F2N6OS/c1-12(2)25-17-6-7-29(11-21(17,22)23)20(30)26-18-9-16-8-14(4-5-15(16)10-24-18)19-28-27-13(3)31-19/h4-5,8-10,12,17,25H,6-7,11H2,1-3H3,(H,24,26,30). The van der Waals surface area contributed by atoms with Crippen molar-refractivity contribution in [3.05, 3.63) is 35.5 Å². The van der Waals surface area contributed by atoms with E-state index in [0.29, 0.717) is 5.82 Å². The van der Waals surface area contributed by atoms with Crippen LogP contribution in [0.3, 0.4) is 0 Å². The van der Waals surface area contributed by atoms with Gasteiger partial charge in [-0.2, -0.15) is 0 Å². The number of halogens is 2. The van der Waals surface area contributed by atoms with Crippen molar-refractivity contribution in [3.63, 3.8) is 0 Å². The van der Waals surface area contributed by atoms with E-state index >= 15 is 0 Å². The van der Waals surface area contributed by atoms with Gasteiger partial charge in [0, 0.05) is 29.7 Å². The molecular formula is C21H24F2N6OS. The fourth-order valence-corrected chi connectivity index (χ4v) is 4.35. The Labute approximate surface area is 182 Å². The summed E-state index contributed by atoms with van der Waals surface area (Å²) in [5, 5.41) is 17.2. The van der Waals surface area contributed by atoms with Crippen LogP contribution in [0, 0.1) is 6.92 Å². The topological polar surface area (TPSA) is 83.0 Å². The number of urea groups is 1. The third-order valence-corrected chi connectivity index (χ3v) is 6.04. The fraction of sp³-hybridized carbons (Fsp3) is 0.429. The molecular weight excluding hydrogens is 422 g/mol. The first-order valence-electron chi connectivity index (χ1n) is 10.1. The largest absolute Gasteiger partial charge is 0.323 e. The molecule has 1 aliphatic heterocycles. The number of anilines is 1. The predicted molar refractivity (Wildman–Crippen MR) is 118 cm³/mol. The van der Waals surface area contributed by atoms with E-state index in [0.717, 1.165) is 31.3 Å². The van der Waals surface area contributed by atoms with Gasteiger partial charge in [0.1, 0.15) is 15.8 Å². The third kappa shape index (κ3) is 4.80. The highest BCUT2D eigenvalue weighted by molar-refractivity contribution is 7.14. The number of aryl methyl sites for hydroxylation is 1. The number of piperidine rings is 1.